The second-order valence-corrected chi connectivity index (χ2v) is 8.60. The molecule has 1 heterocycles. The minimum absolute atomic E-state index is 0.0278. The first-order valence-corrected chi connectivity index (χ1v) is 10.8. The van der Waals surface area contributed by atoms with Crippen molar-refractivity contribution in [3.05, 3.63) is 65.5 Å². The van der Waals surface area contributed by atoms with Gasteiger partial charge in [-0.05, 0) is 48.5 Å². The molecule has 1 unspecified atom stereocenters. The van der Waals surface area contributed by atoms with Crippen molar-refractivity contribution < 1.29 is 22.4 Å². The molecule has 0 bridgehead atoms. The van der Waals surface area contributed by atoms with Crippen LogP contribution >= 0.6 is 0 Å². The summed E-state index contributed by atoms with van der Waals surface area (Å²) in [5.41, 5.74) is 5.99. The summed E-state index contributed by atoms with van der Waals surface area (Å²) in [5, 5.41) is 11.4. The molecule has 0 spiro atoms. The van der Waals surface area contributed by atoms with Crippen molar-refractivity contribution in [3.8, 4) is 6.07 Å². The van der Waals surface area contributed by atoms with Crippen LogP contribution in [0.5, 0.6) is 0 Å². The first-order valence-electron chi connectivity index (χ1n) is 9.36. The molecule has 3 rings (SSSR count). The van der Waals surface area contributed by atoms with Gasteiger partial charge in [-0.3, -0.25) is 9.59 Å². The molecule has 0 radical (unpaired) electrons. The molecular formula is C20H20FN5O4S. The van der Waals surface area contributed by atoms with Gasteiger partial charge in [0.2, 0.25) is 10.0 Å². The Morgan fingerprint density at radius 2 is 1.77 bits per heavy atom. The third-order valence-corrected chi connectivity index (χ3v) is 6.62. The molecule has 0 aliphatic carbocycles. The van der Waals surface area contributed by atoms with E-state index in [1.54, 1.807) is 0 Å². The topological polar surface area (TPSA) is 137 Å². The number of nitriles is 1. The van der Waals surface area contributed by atoms with Crippen LogP contribution in [0.1, 0.15) is 15.9 Å². The number of carbonyl (C=O) groups excluding carboxylic acids is 2. The van der Waals surface area contributed by atoms with E-state index in [4.69, 9.17) is 11.0 Å². The van der Waals surface area contributed by atoms with E-state index in [0.717, 1.165) is 33.5 Å². The molecule has 162 valence electrons. The van der Waals surface area contributed by atoms with Crippen LogP contribution in [0.15, 0.2) is 53.4 Å². The van der Waals surface area contributed by atoms with Crippen LogP contribution in [0, 0.1) is 17.1 Å². The zero-order valence-corrected chi connectivity index (χ0v) is 17.2. The van der Waals surface area contributed by atoms with Crippen LogP contribution in [0.3, 0.4) is 0 Å². The highest BCUT2D eigenvalue weighted by Gasteiger charge is 2.46. The van der Waals surface area contributed by atoms with Crippen molar-refractivity contribution in [1.29, 1.82) is 5.26 Å². The zero-order valence-electron chi connectivity index (χ0n) is 16.4. The molecule has 2 amide bonds. The quantitative estimate of drug-likeness (QED) is 0.654. The Bertz CT molecular complexity index is 1110. The maximum atomic E-state index is 13.2. The number of benzene rings is 2. The lowest BCUT2D eigenvalue weighted by Crippen LogP contribution is -2.54. The predicted octanol–water partition coefficient (Wildman–Crippen LogP) is 0.245. The first kappa shape index (κ1) is 22.4. The fourth-order valence-corrected chi connectivity index (χ4v) is 4.77. The molecule has 11 heteroatoms. The van der Waals surface area contributed by atoms with Crippen molar-refractivity contribution >= 4 is 21.8 Å². The summed E-state index contributed by atoms with van der Waals surface area (Å²) in [6.45, 7) is 0.0772. The van der Waals surface area contributed by atoms with E-state index in [0.29, 0.717) is 5.56 Å². The van der Waals surface area contributed by atoms with Crippen molar-refractivity contribution in [2.75, 3.05) is 26.2 Å². The second kappa shape index (κ2) is 9.22. The minimum Gasteiger partial charge on any atom is -0.352 e. The maximum absolute atomic E-state index is 13.2. The average molecular weight is 445 g/mol. The zero-order chi connectivity index (χ0) is 22.6. The van der Waals surface area contributed by atoms with E-state index in [1.165, 1.54) is 24.3 Å². The number of carbonyl (C=O) groups is 2. The number of nitrogens with zero attached hydrogens (tertiary/aromatic N) is 3. The number of nitrogens with two attached hydrogens (primary N) is 1. The predicted molar refractivity (Wildman–Crippen MR) is 108 cm³/mol. The van der Waals surface area contributed by atoms with Crippen molar-refractivity contribution in [1.82, 2.24) is 14.5 Å². The summed E-state index contributed by atoms with van der Waals surface area (Å²) in [7, 11) is -4.20. The molecular weight excluding hydrogens is 425 g/mol. The summed E-state index contributed by atoms with van der Waals surface area (Å²) in [4.78, 5) is 26.8. The van der Waals surface area contributed by atoms with Gasteiger partial charge in [-0.2, -0.15) is 9.57 Å². The molecule has 9 nitrogen and oxygen atoms in total. The lowest BCUT2D eigenvalue weighted by molar-refractivity contribution is -0.127. The number of hydrogen-bond donors (Lipinski definition) is 2. The SMILES string of the molecule is N#Cc1ccc(C(=O)N2CCN(S(=O)(=O)c3ccc(F)cc3)C2C(=O)NCCN)cc1. The molecule has 31 heavy (non-hydrogen) atoms. The van der Waals surface area contributed by atoms with Crippen molar-refractivity contribution in [3.63, 3.8) is 0 Å². The molecule has 1 aliphatic rings. The van der Waals surface area contributed by atoms with E-state index < -0.39 is 33.8 Å². The van der Waals surface area contributed by atoms with Crippen molar-refractivity contribution in [2.45, 2.75) is 11.1 Å². The van der Waals surface area contributed by atoms with Crippen LogP contribution in [-0.2, 0) is 14.8 Å². The van der Waals surface area contributed by atoms with Crippen LogP contribution in [0.2, 0.25) is 0 Å². The van der Waals surface area contributed by atoms with Gasteiger partial charge in [0.1, 0.15) is 5.82 Å². The minimum atomic E-state index is -4.20. The molecule has 2 aromatic rings. The van der Waals surface area contributed by atoms with Gasteiger partial charge >= 0.3 is 0 Å². The summed E-state index contributed by atoms with van der Waals surface area (Å²) in [6.07, 6.45) is -1.44. The highest BCUT2D eigenvalue weighted by Crippen LogP contribution is 2.26. The van der Waals surface area contributed by atoms with E-state index in [-0.39, 0.29) is 36.6 Å². The van der Waals surface area contributed by atoms with Gasteiger partial charge in [-0.1, -0.05) is 0 Å². The van der Waals surface area contributed by atoms with E-state index in [2.05, 4.69) is 5.32 Å². The third kappa shape index (κ3) is 4.56. The Labute approximate surface area is 178 Å². The fraction of sp³-hybridized carbons (Fsp3) is 0.250. The lowest BCUT2D eigenvalue weighted by atomic mass is 10.1. The van der Waals surface area contributed by atoms with Gasteiger partial charge in [0.25, 0.3) is 11.8 Å². The molecule has 2 aromatic carbocycles. The average Bonchev–Trinajstić information content (AvgIpc) is 3.23. The van der Waals surface area contributed by atoms with E-state index in [9.17, 15) is 22.4 Å². The summed E-state index contributed by atoms with van der Waals surface area (Å²) in [6, 6.07) is 12.0. The molecule has 1 atom stereocenters. The molecule has 1 aliphatic heterocycles. The fourth-order valence-electron chi connectivity index (χ4n) is 3.22. The smallest absolute Gasteiger partial charge is 0.259 e. The monoisotopic (exact) mass is 445 g/mol. The van der Waals surface area contributed by atoms with Gasteiger partial charge in [0.05, 0.1) is 16.5 Å². The normalized spacial score (nSPS) is 16.7. The number of rotatable bonds is 6. The summed E-state index contributed by atoms with van der Waals surface area (Å²) >= 11 is 0. The van der Waals surface area contributed by atoms with Crippen LogP contribution < -0.4 is 11.1 Å². The number of sulfonamides is 1. The van der Waals surface area contributed by atoms with Crippen LogP contribution in [0.25, 0.3) is 0 Å². The van der Waals surface area contributed by atoms with Gasteiger partial charge in [-0.25, -0.2) is 12.8 Å². The maximum Gasteiger partial charge on any atom is 0.259 e. The number of halogens is 1. The standard InChI is InChI=1S/C20H20FN5O4S/c21-16-5-7-17(8-6-16)31(29,30)26-12-11-25(19(26)18(27)24-10-9-22)20(28)15-3-1-14(13-23)2-4-15/h1-8,19H,9-12,22H2,(H,24,27). The summed E-state index contributed by atoms with van der Waals surface area (Å²) in [5.74, 6) is -1.86. The summed E-state index contributed by atoms with van der Waals surface area (Å²) < 4.78 is 40.5. The van der Waals surface area contributed by atoms with Gasteiger partial charge < -0.3 is 16.0 Å². The highest BCUT2D eigenvalue weighted by atomic mass is 32.2. The Balaban J connectivity index is 1.96. The Kier molecular flexibility index (Phi) is 6.65. The van der Waals surface area contributed by atoms with Crippen LogP contribution in [-0.4, -0.2) is 61.8 Å². The van der Waals surface area contributed by atoms with Crippen LogP contribution in [0.4, 0.5) is 4.39 Å². The molecule has 1 saturated heterocycles. The largest absolute Gasteiger partial charge is 0.352 e. The van der Waals surface area contributed by atoms with Crippen molar-refractivity contribution in [2.24, 2.45) is 5.73 Å². The van der Waals surface area contributed by atoms with E-state index in [1.807, 2.05) is 6.07 Å². The molecule has 0 saturated carbocycles. The van der Waals surface area contributed by atoms with Gasteiger partial charge in [-0.15, -0.1) is 0 Å². The number of amides is 2. The number of nitrogens with one attached hydrogen (secondary N) is 1. The second-order valence-electron chi connectivity index (χ2n) is 6.71. The molecule has 0 aromatic heterocycles. The van der Waals surface area contributed by atoms with Gasteiger partial charge in [0, 0.05) is 31.7 Å². The lowest BCUT2D eigenvalue weighted by Gasteiger charge is -2.28. The molecule has 1 fully saturated rings. The number of hydrogen-bond acceptors (Lipinski definition) is 6. The first-order chi connectivity index (χ1) is 14.8. The highest BCUT2D eigenvalue weighted by molar-refractivity contribution is 7.89. The third-order valence-electron chi connectivity index (χ3n) is 4.75. The van der Waals surface area contributed by atoms with E-state index >= 15 is 0 Å². The Hall–Kier alpha value is -3.33. The Morgan fingerprint density at radius 3 is 2.35 bits per heavy atom. The Morgan fingerprint density at radius 1 is 1.13 bits per heavy atom. The molecule has 3 N–H and O–H groups in total. The van der Waals surface area contributed by atoms with Gasteiger partial charge in [0.15, 0.2) is 6.17 Å².